The van der Waals surface area contributed by atoms with Gasteiger partial charge >= 0.3 is 0 Å². The van der Waals surface area contributed by atoms with E-state index in [-0.39, 0.29) is 0 Å². The molecule has 0 spiro atoms. The fourth-order valence-electron chi connectivity index (χ4n) is 3.44. The van der Waals surface area contributed by atoms with Crippen LogP contribution in [0.2, 0.25) is 0 Å². The van der Waals surface area contributed by atoms with Crippen molar-refractivity contribution in [3.63, 3.8) is 0 Å². The fourth-order valence-corrected chi connectivity index (χ4v) is 3.44. The number of anilines is 2. The molecule has 0 fully saturated rings. The summed E-state index contributed by atoms with van der Waals surface area (Å²) < 4.78 is 6.01. The van der Waals surface area contributed by atoms with Crippen LogP contribution in [0.4, 0.5) is 11.4 Å². The van der Waals surface area contributed by atoms with E-state index in [1.807, 2.05) is 25.1 Å². The molecule has 0 saturated heterocycles. The molecule has 2 heteroatoms. The normalized spacial score (nSPS) is 12.5. The molecule has 2 heterocycles. The van der Waals surface area contributed by atoms with Crippen molar-refractivity contribution in [2.24, 2.45) is 0 Å². The third-order valence-corrected chi connectivity index (χ3v) is 4.81. The number of benzene rings is 3. The molecule has 0 saturated carbocycles. The highest BCUT2D eigenvalue weighted by Crippen LogP contribution is 2.37. The standard InChI is InChI=1S/C23H17NO/c1-14(2)15-9-10-20-16(11-15)7-8-17-12-23-19(13-21(17)24-20)18-5-3-4-6-22(18)25-23/h3-13,24H,1H2,2H3. The zero-order valence-corrected chi connectivity index (χ0v) is 14.0. The lowest BCUT2D eigenvalue weighted by atomic mass is 10.0. The summed E-state index contributed by atoms with van der Waals surface area (Å²) in [5.41, 5.74) is 8.56. The van der Waals surface area contributed by atoms with Crippen LogP contribution in [0.3, 0.4) is 0 Å². The van der Waals surface area contributed by atoms with E-state index < -0.39 is 0 Å². The molecule has 0 bridgehead atoms. The van der Waals surface area contributed by atoms with Crippen molar-refractivity contribution >= 4 is 51.0 Å². The maximum Gasteiger partial charge on any atom is 0.136 e. The highest BCUT2D eigenvalue weighted by Gasteiger charge is 2.14. The molecule has 0 amide bonds. The summed E-state index contributed by atoms with van der Waals surface area (Å²) in [4.78, 5) is 0. The summed E-state index contributed by atoms with van der Waals surface area (Å²) in [7, 11) is 0. The minimum absolute atomic E-state index is 0.917. The number of para-hydroxylation sites is 1. The number of rotatable bonds is 1. The van der Waals surface area contributed by atoms with Gasteiger partial charge in [0, 0.05) is 27.7 Å². The molecule has 5 rings (SSSR count). The van der Waals surface area contributed by atoms with E-state index >= 15 is 0 Å². The van der Waals surface area contributed by atoms with E-state index in [4.69, 9.17) is 4.42 Å². The van der Waals surface area contributed by atoms with E-state index in [0.717, 1.165) is 55.6 Å². The van der Waals surface area contributed by atoms with Crippen LogP contribution in [0.1, 0.15) is 23.6 Å². The lowest BCUT2D eigenvalue weighted by Crippen LogP contribution is -1.94. The first-order chi connectivity index (χ1) is 12.2. The average Bonchev–Trinajstić information content (AvgIpc) is 2.87. The van der Waals surface area contributed by atoms with Crippen LogP contribution in [-0.2, 0) is 0 Å². The van der Waals surface area contributed by atoms with E-state index in [1.54, 1.807) is 0 Å². The molecule has 0 radical (unpaired) electrons. The Morgan fingerprint density at radius 2 is 1.64 bits per heavy atom. The Balaban J connectivity index is 1.71. The second-order valence-electron chi connectivity index (χ2n) is 6.57. The average molecular weight is 323 g/mol. The largest absolute Gasteiger partial charge is 0.456 e. The van der Waals surface area contributed by atoms with Gasteiger partial charge in [0.2, 0.25) is 0 Å². The molecule has 0 atom stereocenters. The predicted molar refractivity (Wildman–Crippen MR) is 107 cm³/mol. The second kappa shape index (κ2) is 5.12. The van der Waals surface area contributed by atoms with Crippen LogP contribution in [0.5, 0.6) is 0 Å². The number of fused-ring (bicyclic) bond motifs is 5. The van der Waals surface area contributed by atoms with Crippen LogP contribution in [-0.4, -0.2) is 0 Å². The molecule has 1 aromatic heterocycles. The highest BCUT2D eigenvalue weighted by molar-refractivity contribution is 6.08. The van der Waals surface area contributed by atoms with Gasteiger partial charge in [-0.2, -0.15) is 0 Å². The Hall–Kier alpha value is -3.26. The molecule has 25 heavy (non-hydrogen) atoms. The van der Waals surface area contributed by atoms with E-state index in [1.165, 1.54) is 0 Å². The van der Waals surface area contributed by atoms with Gasteiger partial charge in [-0.3, -0.25) is 0 Å². The van der Waals surface area contributed by atoms with Crippen molar-refractivity contribution in [2.75, 3.05) is 5.32 Å². The van der Waals surface area contributed by atoms with Crippen LogP contribution >= 0.6 is 0 Å². The lowest BCUT2D eigenvalue weighted by Gasteiger charge is -2.11. The summed E-state index contributed by atoms with van der Waals surface area (Å²) in [6.45, 7) is 6.07. The maximum atomic E-state index is 6.01. The molecule has 1 aliphatic heterocycles. The first kappa shape index (κ1) is 14.1. The zero-order chi connectivity index (χ0) is 17.0. The number of allylic oxidation sites excluding steroid dienone is 1. The van der Waals surface area contributed by atoms with Gasteiger partial charge in [-0.1, -0.05) is 48.6 Å². The van der Waals surface area contributed by atoms with Gasteiger partial charge in [0.25, 0.3) is 0 Å². The quantitative estimate of drug-likeness (QED) is 0.365. The highest BCUT2D eigenvalue weighted by atomic mass is 16.3. The molecule has 3 aromatic carbocycles. The van der Waals surface area contributed by atoms with E-state index in [9.17, 15) is 0 Å². The summed E-state index contributed by atoms with van der Waals surface area (Å²) in [6.07, 6.45) is 4.29. The minimum atomic E-state index is 0.917. The first-order valence-corrected chi connectivity index (χ1v) is 8.39. The third kappa shape index (κ3) is 2.18. The lowest BCUT2D eigenvalue weighted by molar-refractivity contribution is 0.669. The van der Waals surface area contributed by atoms with Crippen LogP contribution in [0, 0.1) is 0 Å². The first-order valence-electron chi connectivity index (χ1n) is 8.39. The Morgan fingerprint density at radius 1 is 0.840 bits per heavy atom. The summed E-state index contributed by atoms with van der Waals surface area (Å²) in [6, 6.07) is 18.9. The van der Waals surface area contributed by atoms with Crippen molar-refractivity contribution in [3.05, 3.63) is 77.9 Å². The van der Waals surface area contributed by atoms with Crippen molar-refractivity contribution < 1.29 is 4.42 Å². The van der Waals surface area contributed by atoms with Crippen molar-refractivity contribution in [2.45, 2.75) is 6.92 Å². The number of nitrogens with one attached hydrogen (secondary N) is 1. The zero-order valence-electron chi connectivity index (χ0n) is 14.0. The molecule has 4 aromatic rings. The van der Waals surface area contributed by atoms with E-state index in [2.05, 4.69) is 60.4 Å². The molecule has 0 aliphatic carbocycles. The third-order valence-electron chi connectivity index (χ3n) is 4.81. The Kier molecular flexibility index (Phi) is 2.89. The van der Waals surface area contributed by atoms with Gasteiger partial charge in [-0.05, 0) is 48.4 Å². The topological polar surface area (TPSA) is 25.2 Å². The monoisotopic (exact) mass is 323 g/mol. The van der Waals surface area contributed by atoms with Crippen molar-refractivity contribution in [1.82, 2.24) is 0 Å². The maximum absolute atomic E-state index is 6.01. The van der Waals surface area contributed by atoms with Crippen LogP contribution in [0.15, 0.2) is 65.6 Å². The summed E-state index contributed by atoms with van der Waals surface area (Å²) in [5, 5.41) is 5.86. The van der Waals surface area contributed by atoms with Gasteiger partial charge in [0.05, 0.1) is 0 Å². The smallest absolute Gasteiger partial charge is 0.136 e. The summed E-state index contributed by atoms with van der Waals surface area (Å²) >= 11 is 0. The summed E-state index contributed by atoms with van der Waals surface area (Å²) in [5.74, 6) is 0. The number of furan rings is 1. The number of hydrogen-bond acceptors (Lipinski definition) is 2. The van der Waals surface area contributed by atoms with Gasteiger partial charge in [0.15, 0.2) is 0 Å². The van der Waals surface area contributed by atoms with Crippen molar-refractivity contribution in [1.29, 1.82) is 0 Å². The molecular formula is C23H17NO. The Labute approximate surface area is 146 Å². The molecule has 2 nitrogen and oxygen atoms in total. The van der Waals surface area contributed by atoms with Gasteiger partial charge in [-0.25, -0.2) is 0 Å². The van der Waals surface area contributed by atoms with Crippen LogP contribution < -0.4 is 5.32 Å². The van der Waals surface area contributed by atoms with Gasteiger partial charge in [-0.15, -0.1) is 0 Å². The molecule has 1 aliphatic rings. The van der Waals surface area contributed by atoms with Crippen LogP contribution in [0.25, 0.3) is 39.7 Å². The molecule has 0 unspecified atom stereocenters. The van der Waals surface area contributed by atoms with Gasteiger partial charge < -0.3 is 9.73 Å². The molecule has 120 valence electrons. The minimum Gasteiger partial charge on any atom is -0.456 e. The molecular weight excluding hydrogens is 306 g/mol. The Morgan fingerprint density at radius 3 is 2.48 bits per heavy atom. The second-order valence-corrected chi connectivity index (χ2v) is 6.57. The SMILES string of the molecule is C=C(C)c1ccc2c(c1)C=Cc1cc3oc4ccccc4c3cc1N2. The van der Waals surface area contributed by atoms with E-state index in [0.29, 0.717) is 0 Å². The van der Waals surface area contributed by atoms with Gasteiger partial charge in [0.1, 0.15) is 11.2 Å². The number of hydrogen-bond donors (Lipinski definition) is 1. The Bertz CT molecular complexity index is 1190. The fraction of sp³-hybridized carbons (Fsp3) is 0.0435. The molecule has 1 N–H and O–H groups in total. The predicted octanol–water partition coefficient (Wildman–Crippen LogP) is 6.85. The van der Waals surface area contributed by atoms with Crippen molar-refractivity contribution in [3.8, 4) is 0 Å².